The van der Waals surface area contributed by atoms with Crippen LogP contribution in [0.25, 0.3) is 0 Å². The van der Waals surface area contributed by atoms with Gasteiger partial charge in [-0.1, -0.05) is 17.7 Å². The van der Waals surface area contributed by atoms with E-state index in [1.54, 1.807) is 19.1 Å². The largest absolute Gasteiger partial charge is 0.288 e. The summed E-state index contributed by atoms with van der Waals surface area (Å²) in [4.78, 5) is 12.5. The number of halogens is 2. The van der Waals surface area contributed by atoms with Crippen molar-refractivity contribution in [1.82, 2.24) is 0 Å². The molecule has 2 rings (SSSR count). The lowest BCUT2D eigenvalue weighted by molar-refractivity contribution is 0.103. The van der Waals surface area contributed by atoms with Crippen LogP contribution in [0.4, 0.5) is 4.39 Å². The summed E-state index contributed by atoms with van der Waals surface area (Å²) in [6.45, 7) is 3.60. The Balaban J connectivity index is 2.43. The highest BCUT2D eigenvalue weighted by molar-refractivity contribution is 7.18. The highest BCUT2D eigenvalue weighted by Crippen LogP contribution is 2.29. The predicted molar refractivity (Wildman–Crippen MR) is 68.6 cm³/mol. The summed E-state index contributed by atoms with van der Waals surface area (Å²) >= 11 is 7.08. The third-order valence-corrected chi connectivity index (χ3v) is 4.00. The van der Waals surface area contributed by atoms with Crippen molar-refractivity contribution in [3.63, 3.8) is 0 Å². The van der Waals surface area contributed by atoms with Gasteiger partial charge in [-0.25, -0.2) is 4.39 Å². The summed E-state index contributed by atoms with van der Waals surface area (Å²) in [5.41, 5.74) is 1.72. The average molecular weight is 269 g/mol. The van der Waals surface area contributed by atoms with Crippen molar-refractivity contribution in [3.8, 4) is 0 Å². The molecule has 1 aromatic heterocycles. The van der Waals surface area contributed by atoms with Crippen molar-refractivity contribution in [1.29, 1.82) is 0 Å². The van der Waals surface area contributed by atoms with E-state index in [1.165, 1.54) is 23.5 Å². The fourth-order valence-electron chi connectivity index (χ4n) is 1.51. The molecule has 0 saturated carbocycles. The van der Waals surface area contributed by atoms with Gasteiger partial charge in [-0.15, -0.1) is 11.3 Å². The number of carbonyl (C=O) groups excluding carboxylic acids is 1. The number of rotatable bonds is 2. The van der Waals surface area contributed by atoms with E-state index in [2.05, 4.69) is 0 Å². The molecule has 0 amide bonds. The molecular weight excluding hydrogens is 259 g/mol. The fraction of sp³-hybridized carbons (Fsp3) is 0.154. The van der Waals surface area contributed by atoms with Gasteiger partial charge in [0.2, 0.25) is 5.78 Å². The van der Waals surface area contributed by atoms with Crippen LogP contribution < -0.4 is 0 Å². The number of aryl methyl sites for hydroxylation is 2. The second kappa shape index (κ2) is 4.59. The van der Waals surface area contributed by atoms with Gasteiger partial charge in [0.15, 0.2) is 0 Å². The predicted octanol–water partition coefficient (Wildman–Crippen LogP) is 4.39. The lowest BCUT2D eigenvalue weighted by atomic mass is 10.1. The van der Waals surface area contributed by atoms with Crippen molar-refractivity contribution >= 4 is 28.7 Å². The van der Waals surface area contributed by atoms with E-state index in [9.17, 15) is 9.18 Å². The second-order valence-corrected chi connectivity index (χ2v) is 5.53. The van der Waals surface area contributed by atoms with Crippen molar-refractivity contribution < 1.29 is 9.18 Å². The van der Waals surface area contributed by atoms with Crippen molar-refractivity contribution in [2.75, 3.05) is 0 Å². The first-order valence-corrected chi connectivity index (χ1v) is 6.25. The third kappa shape index (κ3) is 2.40. The summed E-state index contributed by atoms with van der Waals surface area (Å²) in [5, 5.41) is 0. The summed E-state index contributed by atoms with van der Waals surface area (Å²) in [6.07, 6.45) is 0. The molecule has 0 spiro atoms. The van der Waals surface area contributed by atoms with Crippen LogP contribution in [-0.2, 0) is 0 Å². The standard InChI is InChI=1S/C13H10ClFOS/c1-7-3-4-9(10(15)5-7)12(16)11-6-8(2)13(14)17-11/h3-6H,1-2H3. The van der Waals surface area contributed by atoms with Gasteiger partial charge >= 0.3 is 0 Å². The zero-order chi connectivity index (χ0) is 12.6. The maximum Gasteiger partial charge on any atom is 0.205 e. The molecule has 17 heavy (non-hydrogen) atoms. The van der Waals surface area contributed by atoms with Crippen LogP contribution >= 0.6 is 22.9 Å². The minimum absolute atomic E-state index is 0.0912. The number of ketones is 1. The van der Waals surface area contributed by atoms with Gasteiger partial charge in [0, 0.05) is 0 Å². The van der Waals surface area contributed by atoms with Crippen LogP contribution in [0.2, 0.25) is 4.34 Å². The van der Waals surface area contributed by atoms with E-state index in [1.807, 2.05) is 6.92 Å². The Morgan fingerprint density at radius 1 is 1.29 bits per heavy atom. The lowest BCUT2D eigenvalue weighted by Crippen LogP contribution is -2.02. The minimum Gasteiger partial charge on any atom is -0.288 e. The molecule has 0 bridgehead atoms. The molecule has 0 aliphatic heterocycles. The molecule has 0 aliphatic carbocycles. The lowest BCUT2D eigenvalue weighted by Gasteiger charge is -2.01. The van der Waals surface area contributed by atoms with Crippen LogP contribution in [0, 0.1) is 19.7 Å². The number of hydrogen-bond donors (Lipinski definition) is 0. The Kier molecular flexibility index (Phi) is 3.31. The van der Waals surface area contributed by atoms with Crippen LogP contribution in [0.15, 0.2) is 24.3 Å². The molecular formula is C13H10ClFOS. The monoisotopic (exact) mass is 268 g/mol. The Morgan fingerprint density at radius 3 is 2.53 bits per heavy atom. The Hall–Kier alpha value is -1.19. The third-order valence-electron chi connectivity index (χ3n) is 2.45. The summed E-state index contributed by atoms with van der Waals surface area (Å²) in [7, 11) is 0. The van der Waals surface area contributed by atoms with E-state index in [-0.39, 0.29) is 11.3 Å². The van der Waals surface area contributed by atoms with Gasteiger partial charge < -0.3 is 0 Å². The highest BCUT2D eigenvalue weighted by Gasteiger charge is 2.17. The average Bonchev–Trinajstić information content (AvgIpc) is 2.58. The first-order chi connectivity index (χ1) is 7.99. The van der Waals surface area contributed by atoms with Crippen LogP contribution in [0.5, 0.6) is 0 Å². The molecule has 0 atom stereocenters. The molecule has 0 fully saturated rings. The van der Waals surface area contributed by atoms with E-state index in [0.29, 0.717) is 9.21 Å². The first kappa shape index (κ1) is 12.3. The van der Waals surface area contributed by atoms with E-state index in [0.717, 1.165) is 11.1 Å². The van der Waals surface area contributed by atoms with Crippen LogP contribution in [0.3, 0.4) is 0 Å². The zero-order valence-electron chi connectivity index (χ0n) is 9.38. The zero-order valence-corrected chi connectivity index (χ0v) is 11.0. The molecule has 1 heterocycles. The normalized spacial score (nSPS) is 10.6. The van der Waals surface area contributed by atoms with E-state index in [4.69, 9.17) is 11.6 Å². The topological polar surface area (TPSA) is 17.1 Å². The van der Waals surface area contributed by atoms with Crippen molar-refractivity contribution in [2.24, 2.45) is 0 Å². The molecule has 2 aromatic rings. The minimum atomic E-state index is -0.489. The van der Waals surface area contributed by atoms with Gasteiger partial charge in [-0.3, -0.25) is 4.79 Å². The maximum atomic E-state index is 13.6. The smallest absolute Gasteiger partial charge is 0.205 e. The van der Waals surface area contributed by atoms with Crippen LogP contribution in [0.1, 0.15) is 26.4 Å². The molecule has 4 heteroatoms. The van der Waals surface area contributed by atoms with Gasteiger partial charge in [0.1, 0.15) is 5.82 Å². The number of carbonyl (C=O) groups is 1. The molecule has 1 aromatic carbocycles. The summed E-state index contributed by atoms with van der Waals surface area (Å²) < 4.78 is 14.2. The SMILES string of the molecule is Cc1ccc(C(=O)c2cc(C)c(Cl)s2)c(F)c1. The molecule has 0 saturated heterocycles. The number of benzene rings is 1. The molecule has 0 aliphatic rings. The summed E-state index contributed by atoms with van der Waals surface area (Å²) in [5.74, 6) is -0.806. The van der Waals surface area contributed by atoms with Gasteiger partial charge in [-0.05, 0) is 43.2 Å². The quantitative estimate of drug-likeness (QED) is 0.739. The Morgan fingerprint density at radius 2 is 2.00 bits per heavy atom. The Bertz CT molecular complexity index is 570. The Labute approximate surface area is 108 Å². The van der Waals surface area contributed by atoms with Gasteiger partial charge in [0.05, 0.1) is 14.8 Å². The second-order valence-electron chi connectivity index (χ2n) is 3.88. The van der Waals surface area contributed by atoms with Crippen molar-refractivity contribution in [3.05, 3.63) is 56.0 Å². The first-order valence-electron chi connectivity index (χ1n) is 5.06. The number of hydrogen-bond acceptors (Lipinski definition) is 2. The molecule has 1 nitrogen and oxygen atoms in total. The molecule has 0 N–H and O–H groups in total. The molecule has 0 radical (unpaired) electrons. The summed E-state index contributed by atoms with van der Waals surface area (Å²) in [6, 6.07) is 6.28. The maximum absolute atomic E-state index is 13.6. The van der Waals surface area contributed by atoms with E-state index < -0.39 is 5.82 Å². The molecule has 0 unspecified atom stereocenters. The van der Waals surface area contributed by atoms with E-state index >= 15 is 0 Å². The number of thiophene rings is 1. The highest BCUT2D eigenvalue weighted by atomic mass is 35.5. The van der Waals surface area contributed by atoms with Crippen molar-refractivity contribution in [2.45, 2.75) is 13.8 Å². The fourth-order valence-corrected chi connectivity index (χ4v) is 2.66. The van der Waals surface area contributed by atoms with Crippen LogP contribution in [-0.4, -0.2) is 5.78 Å². The molecule has 88 valence electrons. The van der Waals surface area contributed by atoms with Gasteiger partial charge in [0.25, 0.3) is 0 Å². The van der Waals surface area contributed by atoms with Gasteiger partial charge in [-0.2, -0.15) is 0 Å².